The van der Waals surface area contributed by atoms with Gasteiger partial charge in [0.15, 0.2) is 0 Å². The van der Waals surface area contributed by atoms with E-state index in [0.717, 1.165) is 33.6 Å². The summed E-state index contributed by atoms with van der Waals surface area (Å²) in [6, 6.07) is 49.8. The second-order valence-corrected chi connectivity index (χ2v) is 9.36. The summed E-state index contributed by atoms with van der Waals surface area (Å²) < 4.78 is 0. The van der Waals surface area contributed by atoms with Crippen LogP contribution in [0.1, 0.15) is 11.1 Å². The molecule has 0 aromatic heterocycles. The second-order valence-electron chi connectivity index (χ2n) is 9.36. The molecule has 6 aromatic carbocycles. The van der Waals surface area contributed by atoms with Crippen LogP contribution >= 0.6 is 0 Å². The molecule has 0 bridgehead atoms. The van der Waals surface area contributed by atoms with Crippen molar-refractivity contribution in [2.24, 2.45) is 9.98 Å². The molecule has 0 heterocycles. The molecule has 4 nitrogen and oxygen atoms in total. The Bertz CT molecular complexity index is 1670. The Morgan fingerprint density at radius 1 is 0.372 bits per heavy atom. The minimum Gasteiger partial charge on any atom is -0.872 e. The van der Waals surface area contributed by atoms with E-state index in [1.54, 1.807) is 48.8 Å². The summed E-state index contributed by atoms with van der Waals surface area (Å²) in [7, 11) is 0. The third-order valence-electron chi connectivity index (χ3n) is 6.50. The molecule has 0 saturated carbocycles. The predicted octanol–water partition coefficient (Wildman–Crippen LogP) is 8.35. The number of benzene rings is 6. The zero-order chi connectivity index (χ0) is 29.0. The van der Waals surface area contributed by atoms with Gasteiger partial charge in [-0.15, -0.1) is 11.5 Å². The third-order valence-corrected chi connectivity index (χ3v) is 6.50. The van der Waals surface area contributed by atoms with Gasteiger partial charge in [-0.2, -0.15) is 0 Å². The van der Waals surface area contributed by atoms with Gasteiger partial charge in [-0.3, -0.25) is 9.98 Å². The number of nitrogens with zero attached hydrogens (tertiary/aromatic N) is 2. The molecule has 6 aromatic rings. The Labute approximate surface area is 262 Å². The van der Waals surface area contributed by atoms with Crippen molar-refractivity contribution in [3.8, 4) is 33.8 Å². The quantitative estimate of drug-likeness (QED) is 0.180. The van der Waals surface area contributed by atoms with Gasteiger partial charge in [0.05, 0.1) is 11.4 Å². The van der Waals surface area contributed by atoms with Crippen molar-refractivity contribution >= 4 is 23.8 Å². The molecule has 0 spiro atoms. The smallest absolute Gasteiger partial charge is 0.872 e. The van der Waals surface area contributed by atoms with Crippen molar-refractivity contribution in [2.75, 3.05) is 0 Å². The van der Waals surface area contributed by atoms with Crippen LogP contribution in [0.15, 0.2) is 168 Å². The summed E-state index contributed by atoms with van der Waals surface area (Å²) in [5, 5.41) is 23.4. The largest absolute Gasteiger partial charge is 2.00 e. The minimum atomic E-state index is -0.0153. The van der Waals surface area contributed by atoms with E-state index in [2.05, 4.69) is 34.3 Å². The fraction of sp³-hybridized carbons (Fsp3) is 0. The van der Waals surface area contributed by atoms with E-state index in [1.807, 2.05) is 97.1 Å². The van der Waals surface area contributed by atoms with Crippen LogP contribution in [-0.2, 0) is 16.8 Å². The van der Waals surface area contributed by atoms with E-state index in [1.165, 1.54) is 0 Å². The summed E-state index contributed by atoms with van der Waals surface area (Å²) >= 11 is 0. The van der Waals surface area contributed by atoms with Crippen molar-refractivity contribution in [3.63, 3.8) is 0 Å². The summed E-state index contributed by atoms with van der Waals surface area (Å²) in [5.74, 6) is -0.0307. The van der Waals surface area contributed by atoms with Crippen LogP contribution in [0, 0.1) is 0 Å². The number of aliphatic imine (C=N–C) groups is 2. The Morgan fingerprint density at radius 3 is 1.09 bits per heavy atom. The molecule has 0 N–H and O–H groups in total. The van der Waals surface area contributed by atoms with Crippen LogP contribution in [-0.4, -0.2) is 12.4 Å². The first-order valence-corrected chi connectivity index (χ1v) is 13.6. The second kappa shape index (κ2) is 15.7. The number of rotatable bonds is 6. The van der Waals surface area contributed by atoms with Gasteiger partial charge in [-0.1, -0.05) is 146 Å². The molecule has 0 aliphatic heterocycles. The first kappa shape index (κ1) is 30.7. The monoisotopic (exact) mass is 603 g/mol. The van der Waals surface area contributed by atoms with Crippen LogP contribution in [0.5, 0.6) is 11.5 Å². The minimum absolute atomic E-state index is 0. The molecule has 0 aliphatic rings. The SMILES string of the molecule is [Co+2].[O-]c1ccccc1C=Nc1ccccc1-c1ccccc1.[O-]c1ccccc1C=Nc1ccccc1-c1ccccc1. The Kier molecular flexibility index (Phi) is 11.2. The van der Waals surface area contributed by atoms with Crippen molar-refractivity contribution in [1.29, 1.82) is 0 Å². The Morgan fingerprint density at radius 2 is 0.698 bits per heavy atom. The Balaban J connectivity index is 0.000000192. The van der Waals surface area contributed by atoms with Crippen molar-refractivity contribution in [1.82, 2.24) is 0 Å². The first-order valence-electron chi connectivity index (χ1n) is 13.6. The summed E-state index contributed by atoms with van der Waals surface area (Å²) in [5.41, 5.74) is 7.23. The first-order chi connectivity index (χ1) is 20.7. The molecule has 0 saturated heterocycles. The molecule has 1 radical (unpaired) electrons. The van der Waals surface area contributed by atoms with E-state index >= 15 is 0 Å². The molecular weight excluding hydrogens is 575 g/mol. The maximum Gasteiger partial charge on any atom is 2.00 e. The standard InChI is InChI=1S/2C19H15NO.Co/c2*21-19-13-7-4-10-16(19)14-20-18-12-6-5-11-17(18)15-8-2-1-3-9-15;/h2*1-14,21H;/q;;+2/p-2. The average molecular weight is 604 g/mol. The van der Waals surface area contributed by atoms with E-state index in [-0.39, 0.29) is 28.3 Å². The Hall–Kier alpha value is -5.23. The van der Waals surface area contributed by atoms with Gasteiger partial charge >= 0.3 is 16.8 Å². The fourth-order valence-electron chi connectivity index (χ4n) is 4.35. The number of para-hydroxylation sites is 4. The van der Waals surface area contributed by atoms with Crippen molar-refractivity contribution < 1.29 is 27.0 Å². The normalized spacial score (nSPS) is 10.6. The van der Waals surface area contributed by atoms with E-state index in [9.17, 15) is 10.2 Å². The molecule has 0 fully saturated rings. The van der Waals surface area contributed by atoms with Gasteiger partial charge in [-0.25, -0.2) is 0 Å². The van der Waals surface area contributed by atoms with Crippen LogP contribution < -0.4 is 10.2 Å². The summed E-state index contributed by atoms with van der Waals surface area (Å²) in [4.78, 5) is 8.98. The van der Waals surface area contributed by atoms with Crippen molar-refractivity contribution in [3.05, 3.63) is 169 Å². The molecule has 0 unspecified atom stereocenters. The van der Waals surface area contributed by atoms with Gasteiger partial charge in [-0.05, 0) is 34.4 Å². The number of hydrogen-bond acceptors (Lipinski definition) is 4. The van der Waals surface area contributed by atoms with Crippen LogP contribution in [0.4, 0.5) is 11.4 Å². The molecule has 0 atom stereocenters. The van der Waals surface area contributed by atoms with Gasteiger partial charge in [0.25, 0.3) is 0 Å². The molecule has 5 heteroatoms. The molecular formula is C38H28CoN2O2. The maximum absolute atomic E-state index is 11.7. The average Bonchev–Trinajstić information content (AvgIpc) is 3.05. The third kappa shape index (κ3) is 8.39. The number of hydrogen-bond donors (Lipinski definition) is 0. The van der Waals surface area contributed by atoms with E-state index in [0.29, 0.717) is 11.1 Å². The summed E-state index contributed by atoms with van der Waals surface area (Å²) in [6.07, 6.45) is 3.26. The van der Waals surface area contributed by atoms with Gasteiger partial charge < -0.3 is 10.2 Å². The van der Waals surface area contributed by atoms with Crippen LogP contribution in [0.2, 0.25) is 0 Å². The van der Waals surface area contributed by atoms with Gasteiger partial charge in [0.2, 0.25) is 0 Å². The zero-order valence-corrected chi connectivity index (χ0v) is 24.3. The van der Waals surface area contributed by atoms with Crippen LogP contribution in [0.3, 0.4) is 0 Å². The van der Waals surface area contributed by atoms with E-state index < -0.39 is 0 Å². The molecule has 0 aliphatic carbocycles. The van der Waals surface area contributed by atoms with Gasteiger partial charge in [0.1, 0.15) is 0 Å². The summed E-state index contributed by atoms with van der Waals surface area (Å²) in [6.45, 7) is 0. The molecule has 6 rings (SSSR count). The zero-order valence-electron chi connectivity index (χ0n) is 23.2. The molecule has 211 valence electrons. The van der Waals surface area contributed by atoms with Crippen LogP contribution in [0.25, 0.3) is 22.3 Å². The molecule has 43 heavy (non-hydrogen) atoms. The van der Waals surface area contributed by atoms with Crippen molar-refractivity contribution in [2.45, 2.75) is 0 Å². The topological polar surface area (TPSA) is 70.8 Å². The molecule has 0 amide bonds. The van der Waals surface area contributed by atoms with E-state index in [4.69, 9.17) is 0 Å². The van der Waals surface area contributed by atoms with Gasteiger partial charge in [0, 0.05) is 23.6 Å². The predicted molar refractivity (Wildman–Crippen MR) is 170 cm³/mol. The fourth-order valence-corrected chi connectivity index (χ4v) is 4.35. The maximum atomic E-state index is 11.7.